The van der Waals surface area contributed by atoms with Crippen molar-refractivity contribution in [2.45, 2.75) is 52.5 Å². The highest BCUT2D eigenvalue weighted by Crippen LogP contribution is 2.43. The molecule has 0 aliphatic heterocycles. The molecule has 1 aliphatic rings. The van der Waals surface area contributed by atoms with Crippen molar-refractivity contribution >= 4 is 22.8 Å². The Morgan fingerprint density at radius 3 is 2.50 bits per heavy atom. The normalized spacial score (nSPS) is 15.4. The molecule has 0 radical (unpaired) electrons. The van der Waals surface area contributed by atoms with Crippen molar-refractivity contribution in [1.29, 1.82) is 0 Å². The lowest BCUT2D eigenvalue weighted by Crippen LogP contribution is -2.34. The van der Waals surface area contributed by atoms with E-state index < -0.39 is 0 Å². The Bertz CT molecular complexity index is 421. The summed E-state index contributed by atoms with van der Waals surface area (Å²) in [6.45, 7) is 9.78. The van der Waals surface area contributed by atoms with E-state index in [0.717, 1.165) is 28.5 Å². The van der Waals surface area contributed by atoms with Gasteiger partial charge in [0.05, 0.1) is 10.6 Å². The second kappa shape index (κ2) is 5.39. The highest BCUT2D eigenvalue weighted by molar-refractivity contribution is 7.17. The molecule has 0 spiro atoms. The Labute approximate surface area is 113 Å². The molecule has 1 aromatic rings. The Kier molecular flexibility index (Phi) is 4.05. The van der Waals surface area contributed by atoms with Crippen LogP contribution in [0.25, 0.3) is 0 Å². The predicted molar refractivity (Wildman–Crippen MR) is 76.8 cm³/mol. The number of carbonyl (C=O) groups is 1. The van der Waals surface area contributed by atoms with Gasteiger partial charge >= 0.3 is 0 Å². The third-order valence-electron chi connectivity index (χ3n) is 3.17. The number of nitrogens with zero attached hydrogens (tertiary/aromatic N) is 2. The first-order chi connectivity index (χ1) is 8.52. The van der Waals surface area contributed by atoms with Crippen molar-refractivity contribution < 1.29 is 4.79 Å². The number of aromatic nitrogens is 1. The first-order valence-electron chi connectivity index (χ1n) is 6.75. The van der Waals surface area contributed by atoms with Crippen molar-refractivity contribution in [2.75, 3.05) is 11.4 Å². The zero-order valence-corrected chi connectivity index (χ0v) is 12.5. The summed E-state index contributed by atoms with van der Waals surface area (Å²) in [6.07, 6.45) is 3.36. The minimum absolute atomic E-state index is 0.421. The highest BCUT2D eigenvalue weighted by atomic mass is 32.1. The van der Waals surface area contributed by atoms with Crippen LogP contribution in [-0.2, 0) is 0 Å². The van der Waals surface area contributed by atoms with Gasteiger partial charge in [0.2, 0.25) is 0 Å². The van der Waals surface area contributed by atoms with Gasteiger partial charge in [0.1, 0.15) is 0 Å². The molecular weight excluding hydrogens is 244 g/mol. The molecule has 0 aromatic carbocycles. The maximum absolute atomic E-state index is 11.1. The SMILES string of the molecule is CC(C)CN(c1nc(C2CC2)c(C=O)s1)C(C)C. The molecule has 0 amide bonds. The standard InChI is InChI=1S/C14H22N2OS/c1-9(2)7-16(10(3)4)14-15-13(11-5-6-11)12(8-17)18-14/h8-11H,5-7H2,1-4H3. The molecule has 2 rings (SSSR count). The predicted octanol–water partition coefficient (Wildman–Crippen LogP) is 3.70. The number of aldehydes is 1. The number of hydrogen-bond donors (Lipinski definition) is 0. The first kappa shape index (κ1) is 13.5. The van der Waals surface area contributed by atoms with E-state index >= 15 is 0 Å². The number of rotatable bonds is 6. The smallest absolute Gasteiger partial charge is 0.186 e. The van der Waals surface area contributed by atoms with Crippen molar-refractivity contribution in [3.63, 3.8) is 0 Å². The molecule has 100 valence electrons. The second-order valence-electron chi connectivity index (χ2n) is 5.78. The maximum atomic E-state index is 11.1. The zero-order valence-electron chi connectivity index (χ0n) is 11.6. The quantitative estimate of drug-likeness (QED) is 0.736. The van der Waals surface area contributed by atoms with Gasteiger partial charge in [-0.1, -0.05) is 25.2 Å². The van der Waals surface area contributed by atoms with E-state index in [1.165, 1.54) is 12.8 Å². The summed E-state index contributed by atoms with van der Waals surface area (Å²) in [6, 6.07) is 0.421. The summed E-state index contributed by atoms with van der Waals surface area (Å²) < 4.78 is 0. The molecule has 1 heterocycles. The van der Waals surface area contributed by atoms with E-state index in [-0.39, 0.29) is 0 Å². The fourth-order valence-electron chi connectivity index (χ4n) is 2.09. The minimum atomic E-state index is 0.421. The van der Waals surface area contributed by atoms with Gasteiger partial charge < -0.3 is 4.90 Å². The second-order valence-corrected chi connectivity index (χ2v) is 6.79. The number of carbonyl (C=O) groups excluding carboxylic acids is 1. The van der Waals surface area contributed by atoms with E-state index in [2.05, 4.69) is 32.6 Å². The third kappa shape index (κ3) is 2.91. The summed E-state index contributed by atoms with van der Waals surface area (Å²) >= 11 is 1.55. The summed E-state index contributed by atoms with van der Waals surface area (Å²) in [5.74, 6) is 1.14. The van der Waals surface area contributed by atoms with Crippen LogP contribution in [0.2, 0.25) is 0 Å². The molecular formula is C14H22N2OS. The van der Waals surface area contributed by atoms with Crippen LogP contribution in [0.1, 0.15) is 61.8 Å². The lowest BCUT2D eigenvalue weighted by molar-refractivity contribution is 0.112. The molecule has 0 N–H and O–H groups in total. The molecule has 1 saturated carbocycles. The average molecular weight is 266 g/mol. The number of anilines is 1. The molecule has 0 saturated heterocycles. The lowest BCUT2D eigenvalue weighted by Gasteiger charge is -2.27. The fourth-order valence-corrected chi connectivity index (χ4v) is 3.20. The van der Waals surface area contributed by atoms with Gasteiger partial charge in [-0.2, -0.15) is 0 Å². The van der Waals surface area contributed by atoms with Gasteiger partial charge in [-0.25, -0.2) is 4.98 Å². The minimum Gasteiger partial charge on any atom is -0.345 e. The van der Waals surface area contributed by atoms with Crippen LogP contribution < -0.4 is 4.90 Å². The van der Waals surface area contributed by atoms with E-state index in [4.69, 9.17) is 4.98 Å². The molecule has 1 aliphatic carbocycles. The fraction of sp³-hybridized carbons (Fsp3) is 0.714. The van der Waals surface area contributed by atoms with Crippen LogP contribution >= 0.6 is 11.3 Å². The van der Waals surface area contributed by atoms with Crippen LogP contribution in [0.15, 0.2) is 0 Å². The summed E-state index contributed by atoms with van der Waals surface area (Å²) in [5, 5.41) is 1.02. The van der Waals surface area contributed by atoms with E-state index in [1.807, 2.05) is 0 Å². The van der Waals surface area contributed by atoms with Crippen LogP contribution in [0.5, 0.6) is 0 Å². The van der Waals surface area contributed by atoms with Crippen molar-refractivity contribution in [3.05, 3.63) is 10.6 Å². The summed E-state index contributed by atoms with van der Waals surface area (Å²) in [5.41, 5.74) is 1.04. The Morgan fingerprint density at radius 1 is 1.39 bits per heavy atom. The van der Waals surface area contributed by atoms with Crippen LogP contribution in [0.3, 0.4) is 0 Å². The Balaban J connectivity index is 2.26. The molecule has 1 fully saturated rings. The molecule has 18 heavy (non-hydrogen) atoms. The summed E-state index contributed by atoms with van der Waals surface area (Å²) in [7, 11) is 0. The van der Waals surface area contributed by atoms with E-state index in [0.29, 0.717) is 17.9 Å². The van der Waals surface area contributed by atoms with Crippen LogP contribution in [0.4, 0.5) is 5.13 Å². The first-order valence-corrected chi connectivity index (χ1v) is 7.57. The van der Waals surface area contributed by atoms with Gasteiger partial charge in [-0.05, 0) is 32.6 Å². The molecule has 0 unspecified atom stereocenters. The Morgan fingerprint density at radius 2 is 2.06 bits per heavy atom. The van der Waals surface area contributed by atoms with Crippen molar-refractivity contribution in [3.8, 4) is 0 Å². The topological polar surface area (TPSA) is 33.2 Å². The average Bonchev–Trinajstić information content (AvgIpc) is 3.05. The van der Waals surface area contributed by atoms with Crippen molar-refractivity contribution in [2.24, 2.45) is 5.92 Å². The van der Waals surface area contributed by atoms with Gasteiger partial charge in [0.25, 0.3) is 0 Å². The number of hydrogen-bond acceptors (Lipinski definition) is 4. The summed E-state index contributed by atoms with van der Waals surface area (Å²) in [4.78, 5) is 19.0. The maximum Gasteiger partial charge on any atom is 0.186 e. The zero-order chi connectivity index (χ0) is 13.3. The van der Waals surface area contributed by atoms with Crippen LogP contribution in [-0.4, -0.2) is 23.9 Å². The monoisotopic (exact) mass is 266 g/mol. The molecule has 0 bridgehead atoms. The Hall–Kier alpha value is -0.900. The van der Waals surface area contributed by atoms with Gasteiger partial charge in [0.15, 0.2) is 11.4 Å². The van der Waals surface area contributed by atoms with Gasteiger partial charge in [0, 0.05) is 18.5 Å². The van der Waals surface area contributed by atoms with E-state index in [1.54, 1.807) is 11.3 Å². The molecule has 3 nitrogen and oxygen atoms in total. The van der Waals surface area contributed by atoms with Gasteiger partial charge in [-0.15, -0.1) is 0 Å². The molecule has 1 aromatic heterocycles. The molecule has 4 heteroatoms. The molecule has 0 atom stereocenters. The van der Waals surface area contributed by atoms with E-state index in [9.17, 15) is 4.79 Å². The third-order valence-corrected chi connectivity index (χ3v) is 4.21. The largest absolute Gasteiger partial charge is 0.345 e. The highest BCUT2D eigenvalue weighted by Gasteiger charge is 2.30. The lowest BCUT2D eigenvalue weighted by atomic mass is 10.2. The van der Waals surface area contributed by atoms with Crippen molar-refractivity contribution in [1.82, 2.24) is 4.98 Å². The van der Waals surface area contributed by atoms with Gasteiger partial charge in [-0.3, -0.25) is 4.79 Å². The number of thiazole rings is 1. The van der Waals surface area contributed by atoms with Crippen LogP contribution in [0, 0.1) is 5.92 Å².